The van der Waals surface area contributed by atoms with Gasteiger partial charge in [-0.2, -0.15) is 11.8 Å². The van der Waals surface area contributed by atoms with Gasteiger partial charge in [0.05, 0.1) is 19.1 Å². The van der Waals surface area contributed by atoms with Crippen LogP contribution in [-0.2, 0) is 0 Å². The molecule has 2 aliphatic rings. The van der Waals surface area contributed by atoms with Gasteiger partial charge >= 0.3 is 0 Å². The Morgan fingerprint density at radius 3 is 3.06 bits per heavy atom. The molecular weight excluding hydrogens is 248 g/mol. The van der Waals surface area contributed by atoms with Gasteiger partial charge in [0.1, 0.15) is 17.1 Å². The summed E-state index contributed by atoms with van der Waals surface area (Å²) >= 11 is 1.88. The Morgan fingerprint density at radius 1 is 1.44 bits per heavy atom. The third-order valence-electron chi connectivity index (χ3n) is 3.58. The standard InChI is InChI=1S/C14H16O3S/c1-16-10-3-4-13-11(7-10)12(15)8-14(17-13)5-2-6-18-9-14/h3-4,7H,2,5-6,8-9H2,1H3. The molecule has 0 radical (unpaired) electrons. The zero-order valence-electron chi connectivity index (χ0n) is 10.4. The number of fused-ring (bicyclic) bond motifs is 1. The number of hydrogen-bond donors (Lipinski definition) is 0. The molecule has 0 aliphatic carbocycles. The van der Waals surface area contributed by atoms with Crippen LogP contribution in [0.5, 0.6) is 11.5 Å². The predicted molar refractivity (Wildman–Crippen MR) is 71.9 cm³/mol. The molecule has 1 aromatic carbocycles. The molecule has 1 aromatic rings. The van der Waals surface area contributed by atoms with E-state index in [0.29, 0.717) is 17.7 Å². The molecule has 2 heterocycles. The Balaban J connectivity index is 1.95. The number of ether oxygens (including phenoxy) is 2. The van der Waals surface area contributed by atoms with Crippen LogP contribution in [0.15, 0.2) is 18.2 Å². The molecule has 1 spiro atoms. The van der Waals surface area contributed by atoms with Crippen LogP contribution in [0.1, 0.15) is 29.6 Å². The van der Waals surface area contributed by atoms with Crippen molar-refractivity contribution in [2.75, 3.05) is 18.6 Å². The number of rotatable bonds is 1. The first-order valence-electron chi connectivity index (χ1n) is 6.20. The van der Waals surface area contributed by atoms with E-state index >= 15 is 0 Å². The van der Waals surface area contributed by atoms with Crippen LogP contribution in [0, 0.1) is 0 Å². The summed E-state index contributed by atoms with van der Waals surface area (Å²) in [4.78, 5) is 12.3. The van der Waals surface area contributed by atoms with E-state index in [0.717, 1.165) is 24.3 Å². The molecular formula is C14H16O3S. The second-order valence-electron chi connectivity index (χ2n) is 4.90. The van der Waals surface area contributed by atoms with Crippen LogP contribution in [0.2, 0.25) is 0 Å². The lowest BCUT2D eigenvalue weighted by molar-refractivity contribution is 0.0479. The Bertz CT molecular complexity index is 478. The molecule has 1 saturated heterocycles. The van der Waals surface area contributed by atoms with Crippen molar-refractivity contribution in [1.29, 1.82) is 0 Å². The monoisotopic (exact) mass is 264 g/mol. The molecule has 0 amide bonds. The van der Waals surface area contributed by atoms with Crippen LogP contribution < -0.4 is 9.47 Å². The minimum atomic E-state index is -0.262. The zero-order valence-corrected chi connectivity index (χ0v) is 11.2. The maximum absolute atomic E-state index is 12.3. The molecule has 0 bridgehead atoms. The molecule has 18 heavy (non-hydrogen) atoms. The Kier molecular flexibility index (Phi) is 2.98. The maximum Gasteiger partial charge on any atom is 0.170 e. The lowest BCUT2D eigenvalue weighted by Crippen LogP contribution is -2.46. The van der Waals surface area contributed by atoms with Gasteiger partial charge in [-0.05, 0) is 36.8 Å². The molecule has 3 nitrogen and oxygen atoms in total. The number of carbonyl (C=O) groups excluding carboxylic acids is 1. The number of hydrogen-bond acceptors (Lipinski definition) is 4. The lowest BCUT2D eigenvalue weighted by atomic mass is 9.87. The maximum atomic E-state index is 12.3. The first-order chi connectivity index (χ1) is 8.72. The average molecular weight is 264 g/mol. The topological polar surface area (TPSA) is 35.5 Å². The van der Waals surface area contributed by atoms with Crippen LogP contribution >= 0.6 is 11.8 Å². The van der Waals surface area contributed by atoms with Crippen LogP contribution in [0.4, 0.5) is 0 Å². The van der Waals surface area contributed by atoms with E-state index in [4.69, 9.17) is 9.47 Å². The molecule has 0 aromatic heterocycles. The number of ketones is 1. The summed E-state index contributed by atoms with van der Waals surface area (Å²) < 4.78 is 11.3. The van der Waals surface area contributed by atoms with Gasteiger partial charge in [0, 0.05) is 5.75 Å². The summed E-state index contributed by atoms with van der Waals surface area (Å²) in [5, 5.41) is 0. The van der Waals surface area contributed by atoms with Crippen molar-refractivity contribution >= 4 is 17.5 Å². The first kappa shape index (κ1) is 11.9. The zero-order chi connectivity index (χ0) is 12.6. The van der Waals surface area contributed by atoms with Crippen molar-refractivity contribution in [1.82, 2.24) is 0 Å². The molecule has 96 valence electrons. The summed E-state index contributed by atoms with van der Waals surface area (Å²) in [6.07, 6.45) is 2.61. The van der Waals surface area contributed by atoms with Gasteiger partial charge in [-0.15, -0.1) is 0 Å². The van der Waals surface area contributed by atoms with Gasteiger partial charge in [-0.1, -0.05) is 0 Å². The highest BCUT2D eigenvalue weighted by atomic mass is 32.2. The van der Waals surface area contributed by atoms with Crippen molar-refractivity contribution in [3.05, 3.63) is 23.8 Å². The van der Waals surface area contributed by atoms with Gasteiger partial charge in [0.25, 0.3) is 0 Å². The summed E-state index contributed by atoms with van der Waals surface area (Å²) in [6.45, 7) is 0. The normalized spacial score (nSPS) is 26.6. The SMILES string of the molecule is COc1ccc2c(c1)C(=O)CC1(CCCSC1)O2. The van der Waals surface area contributed by atoms with Gasteiger partial charge in [-0.3, -0.25) is 4.79 Å². The fourth-order valence-corrected chi connectivity index (χ4v) is 3.82. The Labute approximate surface area is 111 Å². The number of thioether (sulfide) groups is 1. The fourth-order valence-electron chi connectivity index (χ4n) is 2.65. The molecule has 4 heteroatoms. The highest BCUT2D eigenvalue weighted by Crippen LogP contribution is 2.41. The number of carbonyl (C=O) groups is 1. The Morgan fingerprint density at radius 2 is 2.33 bits per heavy atom. The summed E-state index contributed by atoms with van der Waals surface area (Å²) in [5.74, 6) is 3.70. The second-order valence-corrected chi connectivity index (χ2v) is 6.01. The predicted octanol–water partition coefficient (Wildman–Crippen LogP) is 2.93. The van der Waals surface area contributed by atoms with Gasteiger partial charge in [-0.25, -0.2) is 0 Å². The van der Waals surface area contributed by atoms with E-state index in [1.807, 2.05) is 23.9 Å². The van der Waals surface area contributed by atoms with Crippen molar-refractivity contribution in [2.24, 2.45) is 0 Å². The largest absolute Gasteiger partial charge is 0.497 e. The molecule has 0 saturated carbocycles. The quantitative estimate of drug-likeness (QED) is 0.781. The van der Waals surface area contributed by atoms with Crippen LogP contribution in [0.3, 0.4) is 0 Å². The van der Waals surface area contributed by atoms with Crippen molar-refractivity contribution in [3.8, 4) is 11.5 Å². The Hall–Kier alpha value is -1.16. The van der Waals surface area contributed by atoms with Crippen molar-refractivity contribution < 1.29 is 14.3 Å². The third kappa shape index (κ3) is 1.99. The summed E-state index contributed by atoms with van der Waals surface area (Å²) in [5.41, 5.74) is 0.400. The third-order valence-corrected chi connectivity index (χ3v) is 4.89. The summed E-state index contributed by atoms with van der Waals surface area (Å²) in [7, 11) is 1.61. The van der Waals surface area contributed by atoms with E-state index in [9.17, 15) is 4.79 Å². The molecule has 2 aliphatic heterocycles. The first-order valence-corrected chi connectivity index (χ1v) is 7.36. The highest BCUT2D eigenvalue weighted by molar-refractivity contribution is 7.99. The molecule has 1 unspecified atom stereocenters. The van der Waals surface area contributed by atoms with Gasteiger partial charge in [0.15, 0.2) is 5.78 Å². The lowest BCUT2D eigenvalue weighted by Gasteiger charge is -2.40. The van der Waals surface area contributed by atoms with Crippen molar-refractivity contribution in [3.63, 3.8) is 0 Å². The molecule has 3 rings (SSSR count). The molecule has 0 N–H and O–H groups in total. The van der Waals surface area contributed by atoms with Gasteiger partial charge < -0.3 is 9.47 Å². The fraction of sp³-hybridized carbons (Fsp3) is 0.500. The smallest absolute Gasteiger partial charge is 0.170 e. The minimum absolute atomic E-state index is 0.178. The van der Waals surface area contributed by atoms with Crippen LogP contribution in [-0.4, -0.2) is 30.0 Å². The van der Waals surface area contributed by atoms with E-state index in [2.05, 4.69) is 0 Å². The minimum Gasteiger partial charge on any atom is -0.497 e. The summed E-state index contributed by atoms with van der Waals surface area (Å²) in [6, 6.07) is 5.48. The van der Waals surface area contributed by atoms with E-state index < -0.39 is 0 Å². The highest BCUT2D eigenvalue weighted by Gasteiger charge is 2.41. The number of benzene rings is 1. The molecule has 1 fully saturated rings. The second kappa shape index (κ2) is 4.50. The van der Waals surface area contributed by atoms with E-state index in [1.54, 1.807) is 13.2 Å². The van der Waals surface area contributed by atoms with E-state index in [-0.39, 0.29) is 11.4 Å². The van der Waals surface area contributed by atoms with Crippen molar-refractivity contribution in [2.45, 2.75) is 24.9 Å². The molecule has 1 atom stereocenters. The van der Waals surface area contributed by atoms with E-state index in [1.165, 1.54) is 5.75 Å². The number of methoxy groups -OCH3 is 1. The number of Topliss-reactive ketones (excluding diaryl/α,β-unsaturated/α-hetero) is 1. The van der Waals surface area contributed by atoms with Crippen LogP contribution in [0.25, 0.3) is 0 Å². The van der Waals surface area contributed by atoms with Gasteiger partial charge in [0.2, 0.25) is 0 Å². The average Bonchev–Trinajstić information content (AvgIpc) is 2.39.